The predicted molar refractivity (Wildman–Crippen MR) is 130 cm³/mol. The Kier molecular flexibility index (Phi) is 9.08. The monoisotopic (exact) mass is 477 g/mol. The van der Waals surface area contributed by atoms with Crippen LogP contribution in [0.3, 0.4) is 0 Å². The third-order valence-electron chi connectivity index (χ3n) is 5.44. The van der Waals surface area contributed by atoms with Gasteiger partial charge >= 0.3 is 6.09 Å². The van der Waals surface area contributed by atoms with E-state index in [0.717, 1.165) is 41.1 Å². The number of aliphatic hydroxyl groups excluding tert-OH is 1. The maximum Gasteiger partial charge on any atom is 0.411 e. The zero-order valence-corrected chi connectivity index (χ0v) is 20.8. The van der Waals surface area contributed by atoms with Gasteiger partial charge in [0.1, 0.15) is 5.75 Å². The maximum atomic E-state index is 11.9. The highest BCUT2D eigenvalue weighted by molar-refractivity contribution is 7.15. The van der Waals surface area contributed by atoms with Gasteiger partial charge in [-0.25, -0.2) is 9.78 Å². The largest absolute Gasteiger partial charge is 0.496 e. The summed E-state index contributed by atoms with van der Waals surface area (Å²) < 4.78 is 16.1. The summed E-state index contributed by atoms with van der Waals surface area (Å²) in [5, 5.41) is 17.0. The SMILES string of the molecule is COc1cc(NC(=O)OC(C)C)ccc1-c1cnc(C2CCC(NC(O)OC(C)C)CC2)s1. The summed E-state index contributed by atoms with van der Waals surface area (Å²) in [6.45, 7) is 7.42. The summed E-state index contributed by atoms with van der Waals surface area (Å²) in [7, 11) is 1.61. The molecule has 1 aromatic heterocycles. The molecule has 33 heavy (non-hydrogen) atoms. The average molecular weight is 478 g/mol. The fourth-order valence-corrected chi connectivity index (χ4v) is 5.06. The van der Waals surface area contributed by atoms with E-state index in [1.54, 1.807) is 38.4 Å². The van der Waals surface area contributed by atoms with Crippen LogP contribution in [0, 0.1) is 0 Å². The van der Waals surface area contributed by atoms with E-state index >= 15 is 0 Å². The number of thiazole rings is 1. The van der Waals surface area contributed by atoms with Gasteiger partial charge in [-0.1, -0.05) is 0 Å². The molecule has 1 amide bonds. The second-order valence-corrected chi connectivity index (χ2v) is 9.87. The van der Waals surface area contributed by atoms with Crippen molar-refractivity contribution in [3.8, 4) is 16.2 Å². The Morgan fingerprint density at radius 2 is 1.88 bits per heavy atom. The standard InChI is InChI=1S/C24H35N3O5S/c1-14(2)31-23(28)26-17-8-6-16(7-9-17)22-25-13-21(33-22)19-11-10-18(12-20(19)30-5)27-24(29)32-15(3)4/h10-17,23,26,28H,6-9H2,1-5H3,(H,27,29). The van der Waals surface area contributed by atoms with Gasteiger partial charge in [0.2, 0.25) is 6.41 Å². The van der Waals surface area contributed by atoms with Crippen LogP contribution in [0.25, 0.3) is 10.4 Å². The third kappa shape index (κ3) is 7.40. The van der Waals surface area contributed by atoms with E-state index in [1.807, 2.05) is 32.2 Å². The van der Waals surface area contributed by atoms with Crippen LogP contribution in [0.2, 0.25) is 0 Å². The molecule has 0 aliphatic heterocycles. The summed E-state index contributed by atoms with van der Waals surface area (Å²) in [5.41, 5.74) is 1.55. The number of amides is 1. The Labute approximate surface area is 199 Å². The van der Waals surface area contributed by atoms with E-state index in [0.29, 0.717) is 17.4 Å². The summed E-state index contributed by atoms with van der Waals surface area (Å²) in [5.74, 6) is 1.07. The fourth-order valence-electron chi connectivity index (χ4n) is 3.94. The Balaban J connectivity index is 1.61. The molecule has 1 aliphatic rings. The van der Waals surface area contributed by atoms with Crippen molar-refractivity contribution in [2.75, 3.05) is 12.4 Å². The number of aliphatic hydroxyl groups is 1. The molecule has 0 saturated heterocycles. The number of hydrogen-bond donors (Lipinski definition) is 3. The molecular formula is C24H35N3O5S. The van der Waals surface area contributed by atoms with E-state index in [-0.39, 0.29) is 18.2 Å². The van der Waals surface area contributed by atoms with E-state index in [2.05, 4.69) is 10.6 Å². The van der Waals surface area contributed by atoms with Gasteiger partial charge in [0.25, 0.3) is 0 Å². The van der Waals surface area contributed by atoms with Crippen LogP contribution >= 0.6 is 11.3 Å². The number of hydrogen-bond acceptors (Lipinski definition) is 8. The van der Waals surface area contributed by atoms with Gasteiger partial charge < -0.3 is 19.3 Å². The van der Waals surface area contributed by atoms with Crippen LogP contribution in [0.4, 0.5) is 10.5 Å². The molecule has 1 heterocycles. The predicted octanol–water partition coefficient (Wildman–Crippen LogP) is 5.09. The van der Waals surface area contributed by atoms with E-state index in [1.165, 1.54) is 0 Å². The van der Waals surface area contributed by atoms with Gasteiger partial charge in [0.05, 0.1) is 29.2 Å². The molecule has 1 atom stereocenters. The Morgan fingerprint density at radius 3 is 2.52 bits per heavy atom. The van der Waals surface area contributed by atoms with Crippen LogP contribution in [0.1, 0.15) is 64.3 Å². The average Bonchev–Trinajstić information content (AvgIpc) is 3.23. The molecule has 9 heteroatoms. The maximum absolute atomic E-state index is 11.9. The van der Waals surface area contributed by atoms with Gasteiger partial charge in [-0.05, 0) is 65.5 Å². The molecule has 8 nitrogen and oxygen atoms in total. The highest BCUT2D eigenvalue weighted by atomic mass is 32.1. The molecule has 0 bridgehead atoms. The number of carbonyl (C=O) groups excluding carboxylic acids is 1. The number of nitrogens with zero attached hydrogens (tertiary/aromatic N) is 1. The van der Waals surface area contributed by atoms with Gasteiger partial charge in [-0.2, -0.15) is 0 Å². The van der Waals surface area contributed by atoms with Crippen LogP contribution in [-0.2, 0) is 9.47 Å². The molecule has 1 aromatic carbocycles. The number of anilines is 1. The molecule has 0 spiro atoms. The minimum atomic E-state index is -0.921. The fraction of sp³-hybridized carbons (Fsp3) is 0.583. The van der Waals surface area contributed by atoms with Crippen molar-refractivity contribution < 1.29 is 24.1 Å². The smallest absolute Gasteiger partial charge is 0.411 e. The molecule has 182 valence electrons. The molecule has 1 fully saturated rings. The van der Waals surface area contributed by atoms with Gasteiger partial charge in [-0.15, -0.1) is 11.3 Å². The van der Waals surface area contributed by atoms with Crippen molar-refractivity contribution in [2.45, 2.75) is 84.0 Å². The number of ether oxygens (including phenoxy) is 3. The van der Waals surface area contributed by atoms with Gasteiger partial charge in [0.15, 0.2) is 0 Å². The van der Waals surface area contributed by atoms with E-state index < -0.39 is 12.5 Å². The number of aromatic nitrogens is 1. The van der Waals surface area contributed by atoms with Crippen molar-refractivity contribution in [3.05, 3.63) is 29.4 Å². The van der Waals surface area contributed by atoms with Crippen LogP contribution < -0.4 is 15.4 Å². The molecular weight excluding hydrogens is 442 g/mol. The van der Waals surface area contributed by atoms with Gasteiger partial charge in [0, 0.05) is 35.5 Å². The lowest BCUT2D eigenvalue weighted by Crippen LogP contribution is -2.42. The molecule has 1 aliphatic carbocycles. The highest BCUT2D eigenvalue weighted by Gasteiger charge is 2.26. The number of rotatable bonds is 9. The zero-order valence-electron chi connectivity index (χ0n) is 20.0. The molecule has 2 aromatic rings. The molecule has 3 rings (SSSR count). The first kappa shape index (κ1) is 25.4. The summed E-state index contributed by atoms with van der Waals surface area (Å²) in [6.07, 6.45) is 4.22. The van der Waals surface area contributed by atoms with Crippen LogP contribution in [0.5, 0.6) is 5.75 Å². The number of nitrogens with one attached hydrogen (secondary N) is 2. The lowest BCUT2D eigenvalue weighted by Gasteiger charge is -2.30. The Bertz CT molecular complexity index is 909. The molecule has 0 radical (unpaired) electrons. The number of benzene rings is 1. The van der Waals surface area contributed by atoms with Gasteiger partial charge in [-0.3, -0.25) is 10.6 Å². The topological polar surface area (TPSA) is 102 Å². The Morgan fingerprint density at radius 1 is 1.15 bits per heavy atom. The van der Waals surface area contributed by atoms with Crippen LogP contribution in [0.15, 0.2) is 24.4 Å². The minimum Gasteiger partial charge on any atom is -0.496 e. The lowest BCUT2D eigenvalue weighted by molar-refractivity contribution is -0.150. The van der Waals surface area contributed by atoms with Crippen molar-refractivity contribution in [2.24, 2.45) is 0 Å². The second-order valence-electron chi connectivity index (χ2n) is 8.81. The first-order valence-electron chi connectivity index (χ1n) is 11.5. The first-order chi connectivity index (χ1) is 15.7. The molecule has 1 unspecified atom stereocenters. The van der Waals surface area contributed by atoms with Crippen molar-refractivity contribution in [1.29, 1.82) is 0 Å². The number of carbonyl (C=O) groups is 1. The molecule has 1 saturated carbocycles. The number of methoxy groups -OCH3 is 1. The summed E-state index contributed by atoms with van der Waals surface area (Å²) >= 11 is 1.68. The van der Waals surface area contributed by atoms with Crippen molar-refractivity contribution in [3.63, 3.8) is 0 Å². The van der Waals surface area contributed by atoms with E-state index in [9.17, 15) is 9.90 Å². The summed E-state index contributed by atoms with van der Waals surface area (Å²) in [6, 6.07) is 5.80. The highest BCUT2D eigenvalue weighted by Crippen LogP contribution is 2.40. The molecule has 3 N–H and O–H groups in total. The third-order valence-corrected chi connectivity index (χ3v) is 6.63. The van der Waals surface area contributed by atoms with Crippen LogP contribution in [-0.4, -0.2) is 48.0 Å². The quantitative estimate of drug-likeness (QED) is 0.432. The minimum absolute atomic E-state index is 0.0201. The second kappa shape index (κ2) is 11.8. The summed E-state index contributed by atoms with van der Waals surface area (Å²) in [4.78, 5) is 17.6. The van der Waals surface area contributed by atoms with Crippen molar-refractivity contribution >= 4 is 23.1 Å². The zero-order chi connectivity index (χ0) is 24.0. The first-order valence-corrected chi connectivity index (χ1v) is 12.3. The lowest BCUT2D eigenvalue weighted by atomic mass is 9.86. The van der Waals surface area contributed by atoms with Crippen molar-refractivity contribution in [1.82, 2.24) is 10.3 Å². The van der Waals surface area contributed by atoms with E-state index in [4.69, 9.17) is 19.2 Å². The normalized spacial score (nSPS) is 19.5. The Hall–Kier alpha value is -2.20.